The summed E-state index contributed by atoms with van der Waals surface area (Å²) in [5, 5.41) is 8.60. The molecule has 0 aliphatic heterocycles. The fraction of sp³-hybridized carbons (Fsp3) is 0.333. The van der Waals surface area contributed by atoms with Gasteiger partial charge in [0.05, 0.1) is 18.0 Å². The van der Waals surface area contributed by atoms with E-state index in [1.54, 1.807) is 22.6 Å². The number of carbonyl (C=O) groups is 1. The van der Waals surface area contributed by atoms with E-state index in [2.05, 4.69) is 9.72 Å². The zero-order chi connectivity index (χ0) is 13.9. The average Bonchev–Trinajstić information content (AvgIpc) is 2.19. The van der Waals surface area contributed by atoms with Gasteiger partial charge in [0.25, 0.3) is 0 Å². The number of alkyl halides is 4. The van der Waals surface area contributed by atoms with E-state index >= 15 is 0 Å². The maximum atomic E-state index is 12.2. The standard InChI is InChI=1S/C9H6ClF3INO3/c10-3-4-1-6(18-9(11,12)13)5(2-7(16)17)15-8(4)14/h1H,2-3H2,(H,16,17). The smallest absolute Gasteiger partial charge is 0.481 e. The molecule has 0 atom stereocenters. The Kier molecular flexibility index (Phi) is 5.02. The van der Waals surface area contributed by atoms with Crippen molar-refractivity contribution in [3.05, 3.63) is 21.0 Å². The van der Waals surface area contributed by atoms with Crippen molar-refractivity contribution in [1.29, 1.82) is 0 Å². The van der Waals surface area contributed by atoms with Crippen LogP contribution in [0.2, 0.25) is 0 Å². The van der Waals surface area contributed by atoms with Gasteiger partial charge in [-0.15, -0.1) is 24.8 Å². The third-order valence-electron chi connectivity index (χ3n) is 1.78. The monoisotopic (exact) mass is 395 g/mol. The molecule has 0 aromatic carbocycles. The molecule has 0 unspecified atom stereocenters. The van der Waals surface area contributed by atoms with Crippen molar-refractivity contribution in [1.82, 2.24) is 4.98 Å². The Morgan fingerprint density at radius 1 is 1.56 bits per heavy atom. The van der Waals surface area contributed by atoms with Crippen molar-refractivity contribution in [2.45, 2.75) is 18.7 Å². The third-order valence-corrected chi connectivity index (χ3v) is 3.00. The predicted molar refractivity (Wildman–Crippen MR) is 64.5 cm³/mol. The second-order valence-corrected chi connectivity index (χ2v) is 4.42. The highest BCUT2D eigenvalue weighted by molar-refractivity contribution is 14.1. The molecule has 4 nitrogen and oxygen atoms in total. The van der Waals surface area contributed by atoms with Crippen LogP contribution in [0.15, 0.2) is 6.07 Å². The normalized spacial score (nSPS) is 11.4. The van der Waals surface area contributed by atoms with Gasteiger partial charge in [0.2, 0.25) is 0 Å². The van der Waals surface area contributed by atoms with Crippen LogP contribution >= 0.6 is 34.2 Å². The fourth-order valence-electron chi connectivity index (χ4n) is 1.12. The first-order valence-corrected chi connectivity index (χ1v) is 6.06. The van der Waals surface area contributed by atoms with Gasteiger partial charge in [-0.3, -0.25) is 4.79 Å². The Morgan fingerprint density at radius 3 is 2.61 bits per heavy atom. The Bertz CT molecular complexity index is 467. The van der Waals surface area contributed by atoms with Crippen LogP contribution in [0, 0.1) is 3.70 Å². The molecule has 1 aromatic rings. The number of ether oxygens (including phenoxy) is 1. The molecule has 0 spiro atoms. The molecule has 1 heterocycles. The van der Waals surface area contributed by atoms with E-state index in [1.165, 1.54) is 0 Å². The average molecular weight is 396 g/mol. The summed E-state index contributed by atoms with van der Waals surface area (Å²) in [4.78, 5) is 14.3. The molecule has 18 heavy (non-hydrogen) atoms. The van der Waals surface area contributed by atoms with Crippen molar-refractivity contribution in [2.24, 2.45) is 0 Å². The topological polar surface area (TPSA) is 59.4 Å². The molecule has 0 bridgehead atoms. The lowest BCUT2D eigenvalue weighted by Gasteiger charge is -2.13. The highest BCUT2D eigenvalue weighted by atomic mass is 127. The summed E-state index contributed by atoms with van der Waals surface area (Å²) in [5.74, 6) is -1.99. The molecule has 0 amide bonds. The SMILES string of the molecule is O=C(O)Cc1nc(I)c(CCl)cc1OC(F)(F)F. The third kappa shape index (κ3) is 4.48. The second-order valence-electron chi connectivity index (χ2n) is 3.14. The number of nitrogens with zero attached hydrogens (tertiary/aromatic N) is 1. The lowest BCUT2D eigenvalue weighted by atomic mass is 10.2. The van der Waals surface area contributed by atoms with Gasteiger partial charge >= 0.3 is 12.3 Å². The number of pyridine rings is 1. The van der Waals surface area contributed by atoms with Crippen LogP contribution < -0.4 is 4.74 Å². The van der Waals surface area contributed by atoms with Gasteiger partial charge in [0, 0.05) is 5.56 Å². The first-order chi connectivity index (χ1) is 8.23. The van der Waals surface area contributed by atoms with Crippen LogP contribution in [0.4, 0.5) is 13.2 Å². The molecule has 0 aliphatic rings. The molecule has 0 fully saturated rings. The molecular formula is C9H6ClF3INO3. The van der Waals surface area contributed by atoms with Crippen LogP contribution in [-0.2, 0) is 17.1 Å². The predicted octanol–water partition coefficient (Wildman–Crippen LogP) is 2.95. The summed E-state index contributed by atoms with van der Waals surface area (Å²) < 4.78 is 40.6. The number of carboxylic acids is 1. The van der Waals surface area contributed by atoms with Gasteiger partial charge in [-0.1, -0.05) is 0 Å². The van der Waals surface area contributed by atoms with E-state index in [9.17, 15) is 18.0 Å². The molecule has 9 heteroatoms. The van der Waals surface area contributed by atoms with Gasteiger partial charge < -0.3 is 9.84 Å². The number of aromatic nitrogens is 1. The van der Waals surface area contributed by atoms with Crippen LogP contribution in [0.25, 0.3) is 0 Å². The summed E-state index contributed by atoms with van der Waals surface area (Å²) in [7, 11) is 0. The number of carboxylic acid groups (broad SMARTS) is 1. The van der Waals surface area contributed by atoms with E-state index in [0.29, 0.717) is 9.26 Å². The van der Waals surface area contributed by atoms with Crippen molar-refractivity contribution in [2.75, 3.05) is 0 Å². The van der Waals surface area contributed by atoms with Crippen LogP contribution in [0.1, 0.15) is 11.3 Å². The number of hydrogen-bond acceptors (Lipinski definition) is 3. The zero-order valence-electron chi connectivity index (χ0n) is 8.59. The van der Waals surface area contributed by atoms with E-state index in [4.69, 9.17) is 16.7 Å². The molecule has 1 aromatic heterocycles. The number of rotatable bonds is 4. The molecule has 0 saturated heterocycles. The summed E-state index contributed by atoms with van der Waals surface area (Å²) in [6.45, 7) is 0. The molecule has 100 valence electrons. The van der Waals surface area contributed by atoms with Crippen molar-refractivity contribution < 1.29 is 27.8 Å². The minimum absolute atomic E-state index is 0.0488. The minimum Gasteiger partial charge on any atom is -0.481 e. The lowest BCUT2D eigenvalue weighted by Crippen LogP contribution is -2.20. The lowest BCUT2D eigenvalue weighted by molar-refractivity contribution is -0.275. The Morgan fingerprint density at radius 2 is 2.17 bits per heavy atom. The highest BCUT2D eigenvalue weighted by Gasteiger charge is 2.33. The second kappa shape index (κ2) is 5.91. The fourth-order valence-corrected chi connectivity index (χ4v) is 2.19. The number of aliphatic carboxylic acids is 1. The first kappa shape index (κ1) is 15.3. The molecule has 0 saturated carbocycles. The molecule has 0 radical (unpaired) electrons. The maximum Gasteiger partial charge on any atom is 0.573 e. The molecule has 1 N–H and O–H groups in total. The minimum atomic E-state index is -4.91. The van der Waals surface area contributed by atoms with Gasteiger partial charge in [-0.05, 0) is 28.7 Å². The van der Waals surface area contributed by atoms with Crippen molar-refractivity contribution in [3.8, 4) is 5.75 Å². The van der Waals surface area contributed by atoms with Crippen LogP contribution in [-0.4, -0.2) is 22.4 Å². The Balaban J connectivity index is 3.21. The van der Waals surface area contributed by atoms with Gasteiger partial charge in [-0.25, -0.2) is 4.98 Å². The first-order valence-electron chi connectivity index (χ1n) is 4.44. The Labute approximate surface area is 118 Å². The molecule has 1 rings (SSSR count). The summed E-state index contributed by atoms with van der Waals surface area (Å²) >= 11 is 7.30. The van der Waals surface area contributed by atoms with Gasteiger partial charge in [0.15, 0.2) is 5.75 Å². The zero-order valence-corrected chi connectivity index (χ0v) is 11.5. The van der Waals surface area contributed by atoms with E-state index in [-0.39, 0.29) is 11.6 Å². The van der Waals surface area contributed by atoms with Crippen molar-refractivity contribution >= 4 is 40.2 Å². The number of hydrogen-bond donors (Lipinski definition) is 1. The van der Waals surface area contributed by atoms with E-state index in [1.807, 2.05) is 0 Å². The Hall–Kier alpha value is -0.770. The molecular weight excluding hydrogens is 389 g/mol. The molecule has 0 aliphatic carbocycles. The van der Waals surface area contributed by atoms with E-state index < -0.39 is 24.5 Å². The summed E-state index contributed by atoms with van der Waals surface area (Å²) in [5.41, 5.74) is 0.0451. The largest absolute Gasteiger partial charge is 0.573 e. The summed E-state index contributed by atoms with van der Waals surface area (Å²) in [6, 6.07) is 1.05. The number of halogens is 5. The van der Waals surface area contributed by atoms with Gasteiger partial charge in [-0.2, -0.15) is 0 Å². The summed E-state index contributed by atoms with van der Waals surface area (Å²) in [6.07, 6.45) is -5.57. The van der Waals surface area contributed by atoms with Crippen LogP contribution in [0.5, 0.6) is 5.75 Å². The maximum absolute atomic E-state index is 12.2. The highest BCUT2D eigenvalue weighted by Crippen LogP contribution is 2.29. The van der Waals surface area contributed by atoms with E-state index in [0.717, 1.165) is 6.07 Å². The quantitative estimate of drug-likeness (QED) is 0.484. The van der Waals surface area contributed by atoms with Crippen molar-refractivity contribution in [3.63, 3.8) is 0 Å². The van der Waals surface area contributed by atoms with Crippen LogP contribution in [0.3, 0.4) is 0 Å². The van der Waals surface area contributed by atoms with Gasteiger partial charge in [0.1, 0.15) is 3.70 Å².